The maximum absolute atomic E-state index is 10.6. The summed E-state index contributed by atoms with van der Waals surface area (Å²) < 4.78 is 0. The molecule has 16 heavy (non-hydrogen) atoms. The molecule has 0 saturated heterocycles. The molecule has 0 aliphatic carbocycles. The average molecular weight is 240 g/mol. The van der Waals surface area contributed by atoms with Crippen LogP contribution < -0.4 is 5.32 Å². The quantitative estimate of drug-likeness (QED) is 0.852. The first kappa shape index (κ1) is 12.6. The number of hydrogen-bond acceptors (Lipinski definition) is 2. The summed E-state index contributed by atoms with van der Waals surface area (Å²) in [5.41, 5.74) is 1.62. The van der Waals surface area contributed by atoms with E-state index in [1.165, 1.54) is 6.92 Å². The first-order chi connectivity index (χ1) is 7.50. The van der Waals surface area contributed by atoms with Crippen molar-refractivity contribution in [3.8, 4) is 5.75 Å². The number of benzene rings is 1. The van der Waals surface area contributed by atoms with Gasteiger partial charge in [-0.1, -0.05) is 23.8 Å². The van der Waals surface area contributed by atoms with E-state index < -0.39 is 0 Å². The summed E-state index contributed by atoms with van der Waals surface area (Å²) in [6.07, 6.45) is 3.66. The number of hydrogen-bond donors (Lipinski definition) is 2. The normalized spacial score (nSPS) is 10.7. The summed E-state index contributed by atoms with van der Waals surface area (Å²) in [5.74, 6) is 0.0465. The van der Waals surface area contributed by atoms with Crippen molar-refractivity contribution in [3.63, 3.8) is 0 Å². The summed E-state index contributed by atoms with van der Waals surface area (Å²) in [4.78, 5) is 10.6. The summed E-state index contributed by atoms with van der Waals surface area (Å²) in [7, 11) is 0. The van der Waals surface area contributed by atoms with E-state index in [0.29, 0.717) is 11.6 Å². The minimum atomic E-state index is -0.0652. The molecule has 3 nitrogen and oxygen atoms in total. The van der Waals surface area contributed by atoms with Crippen molar-refractivity contribution in [3.05, 3.63) is 34.4 Å². The van der Waals surface area contributed by atoms with Gasteiger partial charge in [-0.3, -0.25) is 4.79 Å². The first-order valence-electron chi connectivity index (χ1n) is 4.91. The van der Waals surface area contributed by atoms with Crippen LogP contribution in [-0.2, 0) is 4.79 Å². The topological polar surface area (TPSA) is 49.3 Å². The molecule has 0 unspecified atom stereocenters. The summed E-state index contributed by atoms with van der Waals surface area (Å²) in [6.45, 7) is 3.73. The van der Waals surface area contributed by atoms with E-state index in [1.807, 2.05) is 18.2 Å². The fourth-order valence-corrected chi connectivity index (χ4v) is 1.53. The SMILES string of the molecule is CC(=O)NCC=Cc1cc(C)c(O)c(Cl)c1. The molecular formula is C12H14ClNO2. The van der Waals surface area contributed by atoms with Crippen LogP contribution in [0.5, 0.6) is 5.75 Å². The second-order valence-corrected chi connectivity index (χ2v) is 3.91. The predicted octanol–water partition coefficient (Wildman–Crippen LogP) is 2.50. The lowest BCUT2D eigenvalue weighted by molar-refractivity contribution is -0.118. The molecule has 0 fully saturated rings. The van der Waals surface area contributed by atoms with Gasteiger partial charge in [-0.25, -0.2) is 0 Å². The molecule has 1 aromatic carbocycles. The van der Waals surface area contributed by atoms with Crippen molar-refractivity contribution < 1.29 is 9.90 Å². The molecule has 0 heterocycles. The highest BCUT2D eigenvalue weighted by Gasteiger charge is 2.02. The molecule has 1 aromatic rings. The Morgan fingerprint density at radius 1 is 1.56 bits per heavy atom. The lowest BCUT2D eigenvalue weighted by Crippen LogP contribution is -2.19. The van der Waals surface area contributed by atoms with Gasteiger partial charge in [-0.2, -0.15) is 0 Å². The minimum absolute atomic E-state index is 0.0652. The smallest absolute Gasteiger partial charge is 0.217 e. The molecule has 0 atom stereocenters. The Bertz CT molecular complexity index is 404. The lowest BCUT2D eigenvalue weighted by Gasteiger charge is -2.03. The van der Waals surface area contributed by atoms with Crippen LogP contribution in [0, 0.1) is 6.92 Å². The van der Waals surface area contributed by atoms with E-state index in [0.717, 1.165) is 11.1 Å². The maximum atomic E-state index is 10.6. The molecule has 2 N–H and O–H groups in total. The Hall–Kier alpha value is -1.48. The zero-order valence-corrected chi connectivity index (χ0v) is 10.0. The fraction of sp³-hybridized carbons (Fsp3) is 0.250. The van der Waals surface area contributed by atoms with Crippen molar-refractivity contribution >= 4 is 23.6 Å². The van der Waals surface area contributed by atoms with Gasteiger partial charge in [0, 0.05) is 13.5 Å². The van der Waals surface area contributed by atoms with E-state index in [1.54, 1.807) is 13.0 Å². The zero-order valence-electron chi connectivity index (χ0n) is 9.25. The molecule has 1 amide bonds. The van der Waals surface area contributed by atoms with E-state index >= 15 is 0 Å². The van der Waals surface area contributed by atoms with Crippen LogP contribution in [-0.4, -0.2) is 17.6 Å². The monoisotopic (exact) mass is 239 g/mol. The molecule has 0 radical (unpaired) electrons. The molecule has 1 rings (SSSR count). The van der Waals surface area contributed by atoms with Gasteiger partial charge in [0.1, 0.15) is 5.75 Å². The third-order valence-corrected chi connectivity index (χ3v) is 2.34. The molecular weight excluding hydrogens is 226 g/mol. The second-order valence-electron chi connectivity index (χ2n) is 3.51. The van der Waals surface area contributed by atoms with Gasteiger partial charge in [0.05, 0.1) is 5.02 Å². The third kappa shape index (κ3) is 3.59. The second kappa shape index (κ2) is 5.56. The average Bonchev–Trinajstić information content (AvgIpc) is 2.20. The van der Waals surface area contributed by atoms with Gasteiger partial charge < -0.3 is 10.4 Å². The van der Waals surface area contributed by atoms with Crippen molar-refractivity contribution in [1.29, 1.82) is 0 Å². The molecule has 86 valence electrons. The van der Waals surface area contributed by atoms with Crippen LogP contribution in [0.3, 0.4) is 0 Å². The Balaban J connectivity index is 2.71. The Morgan fingerprint density at radius 3 is 2.81 bits per heavy atom. The Kier molecular flexibility index (Phi) is 4.38. The van der Waals surface area contributed by atoms with E-state index in [9.17, 15) is 9.90 Å². The standard InChI is InChI=1S/C12H14ClNO2/c1-8-6-10(7-11(13)12(8)16)4-3-5-14-9(2)15/h3-4,6-7,16H,5H2,1-2H3,(H,14,15). The minimum Gasteiger partial charge on any atom is -0.506 e. The molecule has 0 aliphatic heterocycles. The third-order valence-electron chi connectivity index (χ3n) is 2.06. The van der Waals surface area contributed by atoms with Gasteiger partial charge in [-0.05, 0) is 30.2 Å². The maximum Gasteiger partial charge on any atom is 0.217 e. The Labute approximate surface area is 99.7 Å². The number of amides is 1. The van der Waals surface area contributed by atoms with E-state index in [4.69, 9.17) is 11.6 Å². The molecule has 0 aromatic heterocycles. The number of carbonyl (C=O) groups excluding carboxylic acids is 1. The number of rotatable bonds is 3. The molecule has 0 spiro atoms. The highest BCUT2D eigenvalue weighted by molar-refractivity contribution is 6.32. The van der Waals surface area contributed by atoms with Gasteiger partial charge in [-0.15, -0.1) is 0 Å². The van der Waals surface area contributed by atoms with Crippen LogP contribution >= 0.6 is 11.6 Å². The number of carbonyl (C=O) groups is 1. The van der Waals surface area contributed by atoms with Crippen molar-refractivity contribution in [2.24, 2.45) is 0 Å². The van der Waals surface area contributed by atoms with Crippen molar-refractivity contribution in [2.45, 2.75) is 13.8 Å². The number of halogens is 1. The fourth-order valence-electron chi connectivity index (χ4n) is 1.26. The highest BCUT2D eigenvalue weighted by Crippen LogP contribution is 2.28. The number of aromatic hydroxyl groups is 1. The molecule has 0 bridgehead atoms. The zero-order chi connectivity index (χ0) is 12.1. The molecule has 0 saturated carbocycles. The summed E-state index contributed by atoms with van der Waals surface area (Å²) in [6, 6.07) is 3.50. The highest BCUT2D eigenvalue weighted by atomic mass is 35.5. The predicted molar refractivity (Wildman–Crippen MR) is 65.6 cm³/mol. The lowest BCUT2D eigenvalue weighted by atomic mass is 10.1. The largest absolute Gasteiger partial charge is 0.506 e. The van der Waals surface area contributed by atoms with Crippen molar-refractivity contribution in [1.82, 2.24) is 5.32 Å². The van der Waals surface area contributed by atoms with Crippen LogP contribution in [0.15, 0.2) is 18.2 Å². The Morgan fingerprint density at radius 2 is 2.25 bits per heavy atom. The van der Waals surface area contributed by atoms with Crippen molar-refractivity contribution in [2.75, 3.05) is 6.54 Å². The van der Waals surface area contributed by atoms with Gasteiger partial charge in [0.15, 0.2) is 0 Å². The number of phenols is 1. The summed E-state index contributed by atoms with van der Waals surface area (Å²) >= 11 is 5.83. The van der Waals surface area contributed by atoms with Crippen LogP contribution in [0.25, 0.3) is 6.08 Å². The number of nitrogens with one attached hydrogen (secondary N) is 1. The number of aryl methyl sites for hydroxylation is 1. The van der Waals surface area contributed by atoms with Crippen LogP contribution in [0.2, 0.25) is 5.02 Å². The first-order valence-corrected chi connectivity index (χ1v) is 5.28. The number of phenolic OH excluding ortho intramolecular Hbond substituents is 1. The van der Waals surface area contributed by atoms with Gasteiger partial charge >= 0.3 is 0 Å². The van der Waals surface area contributed by atoms with Crippen LogP contribution in [0.4, 0.5) is 0 Å². The van der Waals surface area contributed by atoms with E-state index in [2.05, 4.69) is 5.32 Å². The van der Waals surface area contributed by atoms with Gasteiger partial charge in [0.25, 0.3) is 0 Å². The van der Waals surface area contributed by atoms with Crippen LogP contribution in [0.1, 0.15) is 18.1 Å². The molecule has 0 aliphatic rings. The molecule has 4 heteroatoms. The summed E-state index contributed by atoms with van der Waals surface area (Å²) in [5, 5.41) is 12.4. The van der Waals surface area contributed by atoms with E-state index in [-0.39, 0.29) is 11.7 Å². The van der Waals surface area contributed by atoms with Gasteiger partial charge in [0.2, 0.25) is 5.91 Å².